The second-order valence-electron chi connectivity index (χ2n) is 3.67. The van der Waals surface area contributed by atoms with E-state index in [-0.39, 0.29) is 8.41 Å². The van der Waals surface area contributed by atoms with Crippen molar-refractivity contribution in [2.45, 2.75) is 38.9 Å². The molecule has 0 aliphatic carbocycles. The molecular formula is C9H18BO2. The third kappa shape index (κ3) is 3.93. The molecule has 3 heteroatoms. The van der Waals surface area contributed by atoms with Crippen LogP contribution in [0.5, 0.6) is 0 Å². The van der Waals surface area contributed by atoms with Crippen molar-refractivity contribution < 1.29 is 9.84 Å². The van der Waals surface area contributed by atoms with E-state index >= 15 is 0 Å². The topological polar surface area (TPSA) is 29.5 Å². The highest BCUT2D eigenvalue weighted by molar-refractivity contribution is 5.75. The fourth-order valence-corrected chi connectivity index (χ4v) is 0.444. The molecule has 12 heavy (non-hydrogen) atoms. The summed E-state index contributed by atoms with van der Waals surface area (Å²) < 4.78 is 5.38. The van der Waals surface area contributed by atoms with Crippen LogP contribution in [0, 0.1) is 0 Å². The fraction of sp³-hybridized carbons (Fsp3) is 0.778. The van der Waals surface area contributed by atoms with Crippen molar-refractivity contribution in [2.75, 3.05) is 6.61 Å². The van der Waals surface area contributed by atoms with E-state index in [1.165, 1.54) is 0 Å². The Labute approximate surface area is 77.2 Å². The zero-order valence-electron chi connectivity index (χ0n) is 8.42. The zero-order valence-corrected chi connectivity index (χ0v) is 8.42. The lowest BCUT2D eigenvalue weighted by Gasteiger charge is -2.36. The van der Waals surface area contributed by atoms with E-state index in [1.54, 1.807) is 19.9 Å². The minimum Gasteiger partial charge on any atom is -0.387 e. The average Bonchev–Trinajstić information content (AvgIpc) is 1.81. The Kier molecular flexibility index (Phi) is 5.56. The molecule has 0 aliphatic heterocycles. The van der Waals surface area contributed by atoms with Crippen LogP contribution in [-0.4, -0.2) is 31.3 Å². The Hall–Kier alpha value is -0.275. The van der Waals surface area contributed by atoms with E-state index in [0.717, 1.165) is 0 Å². The van der Waals surface area contributed by atoms with Gasteiger partial charge in [-0.05, 0) is 27.7 Å². The van der Waals surface area contributed by atoms with Crippen LogP contribution in [0.4, 0.5) is 0 Å². The summed E-state index contributed by atoms with van der Waals surface area (Å²) >= 11 is 0. The van der Waals surface area contributed by atoms with Gasteiger partial charge < -0.3 is 9.84 Å². The number of hydrogen-bond acceptors (Lipinski definition) is 2. The maximum Gasteiger partial charge on any atom is 0.0910 e. The molecule has 0 saturated heterocycles. The van der Waals surface area contributed by atoms with E-state index in [1.807, 2.05) is 13.8 Å². The number of rotatable bonds is 4. The first kappa shape index (κ1) is 14.3. The summed E-state index contributed by atoms with van der Waals surface area (Å²) in [6, 6.07) is 0. The van der Waals surface area contributed by atoms with Gasteiger partial charge in [-0.25, -0.2) is 0 Å². The molecule has 2 nitrogen and oxygen atoms in total. The van der Waals surface area contributed by atoms with Crippen LogP contribution < -0.4 is 0 Å². The summed E-state index contributed by atoms with van der Waals surface area (Å²) in [6.45, 7) is 11.2. The monoisotopic (exact) mass is 169 g/mol. The predicted molar refractivity (Wildman–Crippen MR) is 52.3 cm³/mol. The highest BCUT2D eigenvalue weighted by atomic mass is 16.5. The lowest BCUT2D eigenvalue weighted by molar-refractivity contribution is -0.139. The number of aliphatic hydroxyl groups is 1. The third-order valence-electron chi connectivity index (χ3n) is 2.04. The van der Waals surface area contributed by atoms with Crippen molar-refractivity contribution in [3.63, 3.8) is 0 Å². The second kappa shape index (κ2) is 4.68. The van der Waals surface area contributed by atoms with Crippen LogP contribution in [0.1, 0.15) is 27.7 Å². The smallest absolute Gasteiger partial charge is 0.0910 e. The summed E-state index contributed by atoms with van der Waals surface area (Å²) in [4.78, 5) is 0. The van der Waals surface area contributed by atoms with E-state index in [9.17, 15) is 5.11 Å². The van der Waals surface area contributed by atoms with Gasteiger partial charge >= 0.3 is 0 Å². The molecule has 0 aliphatic rings. The molecule has 0 saturated carbocycles. The van der Waals surface area contributed by atoms with E-state index in [4.69, 9.17) is 4.74 Å². The Morgan fingerprint density at radius 3 is 2.00 bits per heavy atom. The summed E-state index contributed by atoms with van der Waals surface area (Å²) in [7, 11) is 0. The minimum absolute atomic E-state index is 0. The summed E-state index contributed by atoms with van der Waals surface area (Å²) in [5, 5.41) is 9.61. The molecule has 0 heterocycles. The van der Waals surface area contributed by atoms with Gasteiger partial charge in [0.25, 0.3) is 0 Å². The van der Waals surface area contributed by atoms with Gasteiger partial charge in [-0.1, -0.05) is 6.08 Å². The van der Waals surface area contributed by atoms with Gasteiger partial charge in [0.1, 0.15) is 0 Å². The Morgan fingerprint density at radius 1 is 1.33 bits per heavy atom. The highest BCUT2D eigenvalue weighted by Gasteiger charge is 2.35. The van der Waals surface area contributed by atoms with Gasteiger partial charge in [0.2, 0.25) is 0 Å². The van der Waals surface area contributed by atoms with Crippen LogP contribution >= 0.6 is 0 Å². The van der Waals surface area contributed by atoms with Gasteiger partial charge in [-0.15, -0.1) is 6.58 Å². The van der Waals surface area contributed by atoms with E-state index in [2.05, 4.69) is 6.58 Å². The quantitative estimate of drug-likeness (QED) is 0.508. The second-order valence-corrected chi connectivity index (χ2v) is 3.67. The first-order chi connectivity index (χ1) is 4.81. The SMILES string of the molecule is C=CCOC(C)(C)C(C)(C)O.[B]. The van der Waals surface area contributed by atoms with Crippen LogP contribution in [0.15, 0.2) is 12.7 Å². The molecule has 0 atom stereocenters. The van der Waals surface area contributed by atoms with Gasteiger partial charge in [0, 0.05) is 8.41 Å². The van der Waals surface area contributed by atoms with Crippen LogP contribution in [0.25, 0.3) is 0 Å². The third-order valence-corrected chi connectivity index (χ3v) is 2.04. The van der Waals surface area contributed by atoms with Gasteiger partial charge in [0.15, 0.2) is 0 Å². The molecule has 3 radical (unpaired) electrons. The summed E-state index contributed by atoms with van der Waals surface area (Å²) in [6.07, 6.45) is 1.67. The summed E-state index contributed by atoms with van der Waals surface area (Å²) in [5.41, 5.74) is -1.35. The molecule has 0 unspecified atom stereocenters. The fourth-order valence-electron chi connectivity index (χ4n) is 0.444. The molecule has 0 fully saturated rings. The van der Waals surface area contributed by atoms with Crippen LogP contribution in [0.2, 0.25) is 0 Å². The molecule has 69 valence electrons. The first-order valence-corrected chi connectivity index (χ1v) is 3.78. The van der Waals surface area contributed by atoms with Crippen molar-refractivity contribution in [1.29, 1.82) is 0 Å². The molecule has 0 amide bonds. The largest absolute Gasteiger partial charge is 0.387 e. The Morgan fingerprint density at radius 2 is 1.75 bits per heavy atom. The van der Waals surface area contributed by atoms with Crippen molar-refractivity contribution in [3.8, 4) is 0 Å². The van der Waals surface area contributed by atoms with Crippen molar-refractivity contribution in [2.24, 2.45) is 0 Å². The molecule has 0 aromatic carbocycles. The highest BCUT2D eigenvalue weighted by Crippen LogP contribution is 2.24. The molecule has 0 bridgehead atoms. The predicted octanol–water partition coefficient (Wildman–Crippen LogP) is 1.36. The molecule has 1 N–H and O–H groups in total. The van der Waals surface area contributed by atoms with Crippen molar-refractivity contribution >= 4 is 8.41 Å². The maximum absolute atomic E-state index is 9.61. The van der Waals surface area contributed by atoms with Crippen molar-refractivity contribution in [3.05, 3.63) is 12.7 Å². The van der Waals surface area contributed by atoms with E-state index < -0.39 is 11.2 Å². The van der Waals surface area contributed by atoms with Gasteiger partial charge in [-0.3, -0.25) is 0 Å². The normalized spacial score (nSPS) is 12.1. The molecule has 0 rings (SSSR count). The van der Waals surface area contributed by atoms with Crippen LogP contribution in [-0.2, 0) is 4.74 Å². The molecule has 0 aromatic heterocycles. The zero-order chi connectivity index (χ0) is 9.12. The average molecular weight is 169 g/mol. The van der Waals surface area contributed by atoms with E-state index in [0.29, 0.717) is 6.61 Å². The lowest BCUT2D eigenvalue weighted by Crippen LogP contribution is -2.47. The Balaban J connectivity index is 0. The minimum atomic E-state index is -0.823. The number of hydrogen-bond donors (Lipinski definition) is 1. The first-order valence-electron chi connectivity index (χ1n) is 3.78. The van der Waals surface area contributed by atoms with Gasteiger partial charge in [0.05, 0.1) is 17.8 Å². The maximum atomic E-state index is 9.61. The summed E-state index contributed by atoms with van der Waals surface area (Å²) in [5.74, 6) is 0. The lowest BCUT2D eigenvalue weighted by atomic mass is 9.89. The molecule has 0 spiro atoms. The molecular weight excluding hydrogens is 151 g/mol. The van der Waals surface area contributed by atoms with Crippen LogP contribution in [0.3, 0.4) is 0 Å². The molecule has 0 aromatic rings. The number of ether oxygens (including phenoxy) is 1. The van der Waals surface area contributed by atoms with Gasteiger partial charge in [-0.2, -0.15) is 0 Å². The standard InChI is InChI=1S/C9H18O2.B/c1-6-7-11-9(4,5)8(2,3)10;/h6,10H,1,7H2,2-5H3;. The Bertz CT molecular complexity index is 136. The van der Waals surface area contributed by atoms with Crippen molar-refractivity contribution in [1.82, 2.24) is 0 Å².